The number of rotatable bonds is 4. The number of nitrogens with one attached hydrogen (secondary N) is 1. The number of benzene rings is 1. The van der Waals surface area contributed by atoms with Gasteiger partial charge in [0.05, 0.1) is 0 Å². The number of aromatic carboxylic acids is 1. The lowest BCUT2D eigenvalue weighted by molar-refractivity contribution is 0.0656. The molecule has 0 aliphatic heterocycles. The molecular formula is C11H8INO5S. The van der Waals surface area contributed by atoms with Crippen LogP contribution in [0.25, 0.3) is 0 Å². The topological polar surface area (TPSA) is 96.6 Å². The van der Waals surface area contributed by atoms with Crippen LogP contribution in [0, 0.1) is 3.57 Å². The maximum atomic E-state index is 11.9. The first-order valence-electron chi connectivity index (χ1n) is 5.00. The van der Waals surface area contributed by atoms with E-state index in [0.717, 1.165) is 15.7 Å². The molecule has 0 saturated carbocycles. The van der Waals surface area contributed by atoms with Gasteiger partial charge in [-0.25, -0.2) is 4.79 Å². The van der Waals surface area contributed by atoms with Crippen LogP contribution in [0.5, 0.6) is 0 Å². The average Bonchev–Trinajstić information content (AvgIpc) is 2.78. The number of hydrogen-bond donors (Lipinski definition) is 2. The van der Waals surface area contributed by atoms with E-state index < -0.39 is 26.8 Å². The number of hydrogen-bond acceptors (Lipinski definition) is 4. The first-order valence-corrected chi connectivity index (χ1v) is 7.56. The minimum absolute atomic E-state index is 0.375. The first-order chi connectivity index (χ1) is 8.88. The molecule has 1 aromatic carbocycles. The summed E-state index contributed by atoms with van der Waals surface area (Å²) in [7, 11) is -3.93. The molecule has 1 aromatic heterocycles. The summed E-state index contributed by atoms with van der Waals surface area (Å²) in [4.78, 5) is 10.6. The van der Waals surface area contributed by atoms with Crippen LogP contribution in [0.2, 0.25) is 0 Å². The van der Waals surface area contributed by atoms with Crippen molar-refractivity contribution in [1.29, 1.82) is 0 Å². The van der Waals surface area contributed by atoms with Gasteiger partial charge in [-0.15, -0.1) is 0 Å². The summed E-state index contributed by atoms with van der Waals surface area (Å²) in [6, 6.07) is 8.92. The Labute approximate surface area is 122 Å². The Morgan fingerprint density at radius 3 is 2.58 bits per heavy atom. The van der Waals surface area contributed by atoms with Crippen LogP contribution in [-0.4, -0.2) is 19.5 Å². The highest BCUT2D eigenvalue weighted by atomic mass is 127. The molecule has 0 fully saturated rings. The van der Waals surface area contributed by atoms with Gasteiger partial charge in [-0.2, -0.15) is 8.42 Å². The molecule has 0 unspecified atom stereocenters. The molecule has 2 aromatic rings. The van der Waals surface area contributed by atoms with Gasteiger partial charge in [0.25, 0.3) is 10.0 Å². The molecule has 0 saturated heterocycles. The van der Waals surface area contributed by atoms with Crippen molar-refractivity contribution in [2.45, 2.75) is 5.09 Å². The molecule has 0 atom stereocenters. The summed E-state index contributed by atoms with van der Waals surface area (Å²) in [5.74, 6) is -1.75. The molecule has 0 aliphatic carbocycles. The number of carboxylic acid groups (broad SMARTS) is 1. The van der Waals surface area contributed by atoms with Gasteiger partial charge in [0.2, 0.25) is 10.9 Å². The molecule has 1 heterocycles. The zero-order valence-electron chi connectivity index (χ0n) is 9.33. The van der Waals surface area contributed by atoms with Crippen LogP contribution in [-0.2, 0) is 10.0 Å². The zero-order valence-corrected chi connectivity index (χ0v) is 12.3. The summed E-state index contributed by atoms with van der Waals surface area (Å²) >= 11 is 2.05. The van der Waals surface area contributed by atoms with Crippen LogP contribution < -0.4 is 4.72 Å². The van der Waals surface area contributed by atoms with Crippen molar-refractivity contribution in [2.75, 3.05) is 4.72 Å². The summed E-state index contributed by atoms with van der Waals surface area (Å²) in [6.45, 7) is 0. The SMILES string of the molecule is O=C(O)c1ccc(S(=O)(=O)Nc2cccc(I)c2)o1. The number of furan rings is 1. The monoisotopic (exact) mass is 393 g/mol. The third kappa shape index (κ3) is 3.26. The molecular weight excluding hydrogens is 385 g/mol. The van der Waals surface area contributed by atoms with E-state index in [1.54, 1.807) is 18.2 Å². The Morgan fingerprint density at radius 1 is 1.26 bits per heavy atom. The number of carboxylic acids is 1. The van der Waals surface area contributed by atoms with E-state index >= 15 is 0 Å². The predicted octanol–water partition coefficient (Wildman–Crippen LogP) is 2.38. The highest BCUT2D eigenvalue weighted by Gasteiger charge is 2.21. The lowest BCUT2D eigenvalue weighted by Crippen LogP contribution is -2.12. The zero-order chi connectivity index (χ0) is 14.0. The summed E-state index contributed by atoms with van der Waals surface area (Å²) in [5.41, 5.74) is 0.375. The smallest absolute Gasteiger partial charge is 0.371 e. The van der Waals surface area contributed by atoms with Gasteiger partial charge in [0.15, 0.2) is 0 Å². The summed E-state index contributed by atoms with van der Waals surface area (Å²) in [5, 5.41) is 8.24. The molecule has 0 spiro atoms. The maximum Gasteiger partial charge on any atom is 0.371 e. The van der Waals surface area contributed by atoms with E-state index in [-0.39, 0.29) is 0 Å². The number of carbonyl (C=O) groups is 1. The van der Waals surface area contributed by atoms with Crippen molar-refractivity contribution in [1.82, 2.24) is 0 Å². The minimum Gasteiger partial charge on any atom is -0.475 e. The molecule has 0 aliphatic rings. The Hall–Kier alpha value is -1.55. The van der Waals surface area contributed by atoms with Crippen LogP contribution in [0.15, 0.2) is 45.9 Å². The number of sulfonamides is 1. The Morgan fingerprint density at radius 2 is 2.00 bits per heavy atom. The average molecular weight is 393 g/mol. The van der Waals surface area contributed by atoms with E-state index in [1.807, 2.05) is 28.7 Å². The van der Waals surface area contributed by atoms with E-state index in [9.17, 15) is 13.2 Å². The Kier molecular flexibility index (Phi) is 3.80. The maximum absolute atomic E-state index is 11.9. The second-order valence-electron chi connectivity index (χ2n) is 3.54. The third-order valence-corrected chi connectivity index (χ3v) is 4.06. The van der Waals surface area contributed by atoms with Crippen molar-refractivity contribution in [3.05, 3.63) is 45.7 Å². The van der Waals surface area contributed by atoms with Gasteiger partial charge in [0.1, 0.15) is 0 Å². The highest BCUT2D eigenvalue weighted by Crippen LogP contribution is 2.19. The fourth-order valence-corrected chi connectivity index (χ4v) is 2.86. The Bertz CT molecular complexity index is 722. The lowest BCUT2D eigenvalue weighted by atomic mass is 10.3. The molecule has 0 bridgehead atoms. The quantitative estimate of drug-likeness (QED) is 0.778. The lowest BCUT2D eigenvalue weighted by Gasteiger charge is -2.05. The normalized spacial score (nSPS) is 11.2. The van der Waals surface area contributed by atoms with E-state index in [0.29, 0.717) is 5.69 Å². The van der Waals surface area contributed by atoms with Crippen molar-refractivity contribution < 1.29 is 22.7 Å². The molecule has 8 heteroatoms. The summed E-state index contributed by atoms with van der Waals surface area (Å²) in [6.07, 6.45) is 0. The van der Waals surface area contributed by atoms with Gasteiger partial charge >= 0.3 is 5.97 Å². The Balaban J connectivity index is 2.29. The molecule has 100 valence electrons. The molecule has 0 radical (unpaired) electrons. The first kappa shape index (κ1) is 13.9. The molecule has 2 N–H and O–H groups in total. The highest BCUT2D eigenvalue weighted by molar-refractivity contribution is 14.1. The van der Waals surface area contributed by atoms with Crippen molar-refractivity contribution in [3.8, 4) is 0 Å². The van der Waals surface area contributed by atoms with Gasteiger partial charge in [-0.1, -0.05) is 6.07 Å². The fraction of sp³-hybridized carbons (Fsp3) is 0. The van der Waals surface area contributed by atoms with Crippen LogP contribution in [0.1, 0.15) is 10.6 Å². The van der Waals surface area contributed by atoms with Crippen molar-refractivity contribution >= 4 is 44.3 Å². The van der Waals surface area contributed by atoms with E-state index in [2.05, 4.69) is 4.72 Å². The van der Waals surface area contributed by atoms with Crippen molar-refractivity contribution in [3.63, 3.8) is 0 Å². The molecule has 6 nitrogen and oxygen atoms in total. The fourth-order valence-electron chi connectivity index (χ4n) is 1.34. The van der Waals surface area contributed by atoms with Gasteiger partial charge in [0, 0.05) is 9.26 Å². The van der Waals surface area contributed by atoms with Crippen LogP contribution >= 0.6 is 22.6 Å². The van der Waals surface area contributed by atoms with E-state index in [4.69, 9.17) is 9.52 Å². The largest absolute Gasteiger partial charge is 0.475 e. The second-order valence-corrected chi connectivity index (χ2v) is 6.40. The van der Waals surface area contributed by atoms with Crippen LogP contribution in [0.4, 0.5) is 5.69 Å². The molecule has 2 rings (SSSR count). The van der Waals surface area contributed by atoms with Gasteiger partial charge in [-0.3, -0.25) is 4.72 Å². The molecule has 0 amide bonds. The number of halogens is 1. The van der Waals surface area contributed by atoms with Crippen molar-refractivity contribution in [2.24, 2.45) is 0 Å². The third-order valence-electron chi connectivity index (χ3n) is 2.13. The minimum atomic E-state index is -3.93. The number of anilines is 1. The van der Waals surface area contributed by atoms with E-state index in [1.165, 1.54) is 0 Å². The second kappa shape index (κ2) is 5.21. The predicted molar refractivity (Wildman–Crippen MR) is 75.6 cm³/mol. The van der Waals surface area contributed by atoms with Gasteiger partial charge < -0.3 is 9.52 Å². The van der Waals surface area contributed by atoms with Gasteiger partial charge in [-0.05, 0) is 52.9 Å². The molecule has 19 heavy (non-hydrogen) atoms. The summed E-state index contributed by atoms with van der Waals surface area (Å²) < 4.78 is 31.8. The van der Waals surface area contributed by atoms with Crippen LogP contribution in [0.3, 0.4) is 0 Å². The standard InChI is InChI=1S/C11H8INO5S/c12-7-2-1-3-8(6-7)13-19(16,17)10-5-4-9(18-10)11(14)15/h1-6,13H,(H,14,15).